The first-order chi connectivity index (χ1) is 45.4. The van der Waals surface area contributed by atoms with Gasteiger partial charge in [-0.1, -0.05) is 337 Å². The molecule has 0 saturated carbocycles. The molecule has 0 aromatic heterocycles. The SMILES string of the molecule is CCCCCCCCCCCCCCCCCCC(=O)OC[C@H](COP(=O)(O)OC[C@@H](O)COP(=O)(O)OC[C@@H](COC(=O)CCCCCCCCCCC)OC(=O)CCCCCCCCCC(C)C)OC(=O)CCCCCCCCCCCCCCCCCCC(C)C. The number of unbranched alkanes of at least 4 members (excludes halogenated alkanes) is 44. The van der Waals surface area contributed by atoms with Crippen molar-refractivity contribution in [2.75, 3.05) is 39.6 Å². The zero-order valence-electron chi connectivity index (χ0n) is 61.3. The third-order valence-electron chi connectivity index (χ3n) is 17.5. The van der Waals surface area contributed by atoms with Crippen LogP contribution >= 0.6 is 15.6 Å². The summed E-state index contributed by atoms with van der Waals surface area (Å²) in [7, 11) is -9.90. The summed E-state index contributed by atoms with van der Waals surface area (Å²) in [6.45, 7) is 9.54. The predicted octanol–water partition coefficient (Wildman–Crippen LogP) is 21.9. The van der Waals surface area contributed by atoms with Crippen LogP contribution in [0.1, 0.15) is 388 Å². The molecular weight excluding hydrogens is 1230 g/mol. The van der Waals surface area contributed by atoms with Gasteiger partial charge in [-0.05, 0) is 37.5 Å². The predicted molar refractivity (Wildman–Crippen MR) is 381 cm³/mol. The Bertz CT molecular complexity index is 1820. The van der Waals surface area contributed by atoms with Crippen molar-refractivity contribution in [3.8, 4) is 0 Å². The number of hydrogen-bond donors (Lipinski definition) is 3. The fourth-order valence-electron chi connectivity index (χ4n) is 11.5. The molecule has 0 radical (unpaired) electrons. The molecule has 0 aromatic rings. The van der Waals surface area contributed by atoms with Crippen molar-refractivity contribution < 1.29 is 80.2 Å². The van der Waals surface area contributed by atoms with E-state index in [-0.39, 0.29) is 25.7 Å². The fraction of sp³-hybridized carbons (Fsp3) is 0.947. The summed E-state index contributed by atoms with van der Waals surface area (Å²) in [5.41, 5.74) is 0. The van der Waals surface area contributed by atoms with Crippen LogP contribution in [0, 0.1) is 11.8 Å². The lowest BCUT2D eigenvalue weighted by Gasteiger charge is -2.21. The number of carbonyl (C=O) groups is 4. The highest BCUT2D eigenvalue weighted by Gasteiger charge is 2.30. The molecule has 0 fully saturated rings. The summed E-state index contributed by atoms with van der Waals surface area (Å²) in [5, 5.41) is 10.6. The highest BCUT2D eigenvalue weighted by molar-refractivity contribution is 7.47. The zero-order chi connectivity index (χ0) is 69.3. The molecule has 0 bridgehead atoms. The van der Waals surface area contributed by atoms with Crippen molar-refractivity contribution >= 4 is 39.5 Å². The summed E-state index contributed by atoms with van der Waals surface area (Å²) < 4.78 is 68.4. The van der Waals surface area contributed by atoms with E-state index < -0.39 is 97.5 Å². The first-order valence-corrected chi connectivity index (χ1v) is 42.0. The molecule has 0 aliphatic carbocycles. The lowest BCUT2D eigenvalue weighted by Crippen LogP contribution is -2.30. The second kappa shape index (κ2) is 66.9. The molecule has 0 rings (SSSR count). The Labute approximate surface area is 575 Å². The Hall–Kier alpha value is -1.94. The maximum Gasteiger partial charge on any atom is 0.472 e. The van der Waals surface area contributed by atoms with Crippen molar-refractivity contribution in [1.29, 1.82) is 0 Å². The standard InChI is InChI=1S/C75H146O17P2/c1-7-9-11-13-15-17-18-19-20-24-27-30-34-40-46-52-58-73(78)86-63-70(91-74(79)59-53-47-41-35-31-28-25-22-21-23-26-29-33-37-43-49-55-67(3)4)65-89-93(81,82)87-61-69(76)62-88-94(83,84)90-66-71(64-85-72(77)57-51-45-39-32-16-14-12-10-8-2)92-75(80)60-54-48-42-36-38-44-50-56-68(5)6/h67-71,76H,7-66H2,1-6H3,(H,81,82)(H,83,84)/t69-,70-,71-/m1/s1. The molecule has 558 valence electrons. The summed E-state index contributed by atoms with van der Waals surface area (Å²) in [5.74, 6) is -0.615. The highest BCUT2D eigenvalue weighted by Crippen LogP contribution is 2.45. The van der Waals surface area contributed by atoms with Gasteiger partial charge in [0.25, 0.3) is 0 Å². The number of phosphoric ester groups is 2. The van der Waals surface area contributed by atoms with Crippen LogP contribution in [0.3, 0.4) is 0 Å². The minimum Gasteiger partial charge on any atom is -0.462 e. The van der Waals surface area contributed by atoms with Gasteiger partial charge in [0.15, 0.2) is 12.2 Å². The van der Waals surface area contributed by atoms with Crippen LogP contribution in [0.2, 0.25) is 0 Å². The third-order valence-corrected chi connectivity index (χ3v) is 19.4. The van der Waals surface area contributed by atoms with Gasteiger partial charge in [0.05, 0.1) is 26.4 Å². The Balaban J connectivity index is 5.20. The summed E-state index contributed by atoms with van der Waals surface area (Å²) in [6.07, 6.45) is 54.3. The quantitative estimate of drug-likeness (QED) is 0.0222. The molecule has 19 heteroatoms. The van der Waals surface area contributed by atoms with Crippen LogP contribution in [0.5, 0.6) is 0 Å². The molecule has 2 unspecified atom stereocenters. The third kappa shape index (κ3) is 68.6. The van der Waals surface area contributed by atoms with Crippen molar-refractivity contribution in [2.45, 2.75) is 407 Å². The van der Waals surface area contributed by atoms with Crippen LogP contribution < -0.4 is 0 Å². The van der Waals surface area contributed by atoms with Gasteiger partial charge in [-0.15, -0.1) is 0 Å². The first-order valence-electron chi connectivity index (χ1n) is 39.0. The van der Waals surface area contributed by atoms with Crippen molar-refractivity contribution in [2.24, 2.45) is 11.8 Å². The Morgan fingerprint density at radius 2 is 0.489 bits per heavy atom. The Morgan fingerprint density at radius 1 is 0.287 bits per heavy atom. The van der Waals surface area contributed by atoms with Crippen molar-refractivity contribution in [3.05, 3.63) is 0 Å². The number of hydrogen-bond acceptors (Lipinski definition) is 15. The molecule has 3 N–H and O–H groups in total. The molecule has 0 spiro atoms. The lowest BCUT2D eigenvalue weighted by atomic mass is 10.0. The Morgan fingerprint density at radius 3 is 0.723 bits per heavy atom. The number of aliphatic hydroxyl groups excluding tert-OH is 1. The van der Waals surface area contributed by atoms with E-state index in [4.69, 9.17) is 37.0 Å². The fourth-order valence-corrected chi connectivity index (χ4v) is 13.1. The Kier molecular flexibility index (Phi) is 65.5. The van der Waals surface area contributed by atoms with Gasteiger partial charge in [-0.3, -0.25) is 37.3 Å². The van der Waals surface area contributed by atoms with Gasteiger partial charge < -0.3 is 33.8 Å². The average molecular weight is 1380 g/mol. The summed E-state index contributed by atoms with van der Waals surface area (Å²) >= 11 is 0. The van der Waals surface area contributed by atoms with E-state index in [1.54, 1.807) is 0 Å². The number of carbonyl (C=O) groups excluding carboxylic acids is 4. The van der Waals surface area contributed by atoms with E-state index in [0.717, 1.165) is 95.8 Å². The molecule has 94 heavy (non-hydrogen) atoms. The smallest absolute Gasteiger partial charge is 0.462 e. The van der Waals surface area contributed by atoms with Crippen LogP contribution in [0.25, 0.3) is 0 Å². The van der Waals surface area contributed by atoms with E-state index in [0.29, 0.717) is 31.6 Å². The number of esters is 4. The van der Waals surface area contributed by atoms with Crippen LogP contribution in [-0.4, -0.2) is 96.7 Å². The lowest BCUT2D eigenvalue weighted by molar-refractivity contribution is -0.161. The normalized spacial score (nSPS) is 14.0. The molecule has 0 aliphatic rings. The molecule has 5 atom stereocenters. The second-order valence-electron chi connectivity index (χ2n) is 28.0. The van der Waals surface area contributed by atoms with E-state index >= 15 is 0 Å². The number of rotatable bonds is 74. The summed E-state index contributed by atoms with van der Waals surface area (Å²) in [4.78, 5) is 72.7. The zero-order valence-corrected chi connectivity index (χ0v) is 63.1. The first kappa shape index (κ1) is 92.1. The number of ether oxygens (including phenoxy) is 4. The van der Waals surface area contributed by atoms with Gasteiger partial charge >= 0.3 is 39.5 Å². The summed E-state index contributed by atoms with van der Waals surface area (Å²) in [6, 6.07) is 0. The second-order valence-corrected chi connectivity index (χ2v) is 30.9. The molecule has 0 aromatic carbocycles. The van der Waals surface area contributed by atoms with Gasteiger partial charge in [0, 0.05) is 25.7 Å². The molecule has 0 amide bonds. The molecule has 0 heterocycles. The molecular formula is C75H146O17P2. The van der Waals surface area contributed by atoms with Crippen LogP contribution in [0.15, 0.2) is 0 Å². The van der Waals surface area contributed by atoms with Crippen molar-refractivity contribution in [1.82, 2.24) is 0 Å². The molecule has 0 aliphatic heterocycles. The van der Waals surface area contributed by atoms with E-state index in [9.17, 15) is 43.2 Å². The van der Waals surface area contributed by atoms with E-state index in [1.807, 2.05) is 0 Å². The van der Waals surface area contributed by atoms with Gasteiger partial charge in [-0.25, -0.2) is 9.13 Å². The van der Waals surface area contributed by atoms with Crippen LogP contribution in [0.4, 0.5) is 0 Å². The highest BCUT2D eigenvalue weighted by atomic mass is 31.2. The maximum atomic E-state index is 13.1. The molecule has 17 nitrogen and oxygen atoms in total. The van der Waals surface area contributed by atoms with Crippen LogP contribution in [-0.2, 0) is 65.4 Å². The topological polar surface area (TPSA) is 237 Å². The average Bonchev–Trinajstić information content (AvgIpc) is 1.98. The van der Waals surface area contributed by atoms with E-state index in [1.165, 1.54) is 205 Å². The monoisotopic (exact) mass is 1380 g/mol. The number of aliphatic hydroxyl groups is 1. The van der Waals surface area contributed by atoms with Crippen molar-refractivity contribution in [3.63, 3.8) is 0 Å². The largest absolute Gasteiger partial charge is 0.472 e. The minimum absolute atomic E-state index is 0.104. The number of phosphoric acid groups is 2. The maximum absolute atomic E-state index is 13.1. The van der Waals surface area contributed by atoms with Gasteiger partial charge in [-0.2, -0.15) is 0 Å². The van der Waals surface area contributed by atoms with Gasteiger partial charge in [0.1, 0.15) is 19.3 Å². The minimum atomic E-state index is -4.96. The molecule has 0 saturated heterocycles. The van der Waals surface area contributed by atoms with Gasteiger partial charge in [0.2, 0.25) is 0 Å². The van der Waals surface area contributed by atoms with E-state index in [2.05, 4.69) is 41.5 Å².